The molecule has 1 aromatic heterocycles. The minimum Gasteiger partial charge on any atom is -0.394 e. The maximum Gasteiger partial charge on any atom is 0.243 e. The molecule has 3 aromatic rings. The van der Waals surface area contributed by atoms with Crippen LogP contribution in [-0.4, -0.2) is 112 Å². The van der Waals surface area contributed by atoms with Gasteiger partial charge >= 0.3 is 0 Å². The number of ether oxygens (including phenoxy) is 1. The van der Waals surface area contributed by atoms with Crippen LogP contribution in [-0.2, 0) is 32.0 Å². The van der Waals surface area contributed by atoms with E-state index in [1.54, 1.807) is 36.5 Å². The predicted molar refractivity (Wildman–Crippen MR) is 168 cm³/mol. The fourth-order valence-electron chi connectivity index (χ4n) is 5.27. The highest BCUT2D eigenvalue weighted by Crippen LogP contribution is 2.24. The number of hydrogen-bond acceptors (Lipinski definition) is 9. The van der Waals surface area contributed by atoms with Gasteiger partial charge in [0, 0.05) is 36.6 Å². The summed E-state index contributed by atoms with van der Waals surface area (Å²) in [7, 11) is 0. The monoisotopic (exact) mass is 624 g/mol. The topological polar surface area (TPSA) is 202 Å². The summed E-state index contributed by atoms with van der Waals surface area (Å²) in [6.45, 7) is 4.41. The standard InChI is InChI=1S/C32H44N6O7/c1-21(35-28(40)19-38-12-14-45-15-13-38)29(41)36-26(17-23-18-34-25-11-7-6-10-24(23)25)30(42)37-27(16-22-8-4-3-5-9-22)32(43,44)31(2,33)20-39/h3-11,18,21,26-27,34,39,43-44H,12-17,19-20,33H2,1-2H3,(H,35,40)(H,36,41)(H,37,42)/t21-,26+,27+,31+/m1/s1. The van der Waals surface area contributed by atoms with Crippen LogP contribution in [0.3, 0.4) is 0 Å². The Labute approximate surface area is 262 Å². The molecule has 0 radical (unpaired) electrons. The van der Waals surface area contributed by atoms with E-state index >= 15 is 0 Å². The number of aliphatic hydroxyl groups is 3. The summed E-state index contributed by atoms with van der Waals surface area (Å²) >= 11 is 0. The number of nitrogens with zero attached hydrogens (tertiary/aromatic N) is 1. The molecule has 2 aromatic carbocycles. The largest absolute Gasteiger partial charge is 0.394 e. The number of para-hydroxylation sites is 1. The van der Waals surface area contributed by atoms with E-state index in [1.165, 1.54) is 13.8 Å². The number of nitrogens with one attached hydrogen (secondary N) is 4. The molecule has 13 heteroatoms. The van der Waals surface area contributed by atoms with Gasteiger partial charge in [-0.1, -0.05) is 48.5 Å². The fraction of sp³-hybridized carbons (Fsp3) is 0.469. The van der Waals surface area contributed by atoms with Crippen LogP contribution in [0.2, 0.25) is 0 Å². The van der Waals surface area contributed by atoms with E-state index in [0.29, 0.717) is 31.9 Å². The quantitative estimate of drug-likeness (QED) is 0.105. The van der Waals surface area contributed by atoms with Gasteiger partial charge in [-0.25, -0.2) is 0 Å². The van der Waals surface area contributed by atoms with Crippen molar-refractivity contribution < 1.29 is 34.4 Å². The van der Waals surface area contributed by atoms with Crippen molar-refractivity contribution in [3.05, 3.63) is 71.9 Å². The highest BCUT2D eigenvalue weighted by molar-refractivity contribution is 5.93. The van der Waals surface area contributed by atoms with Crippen LogP contribution in [0.15, 0.2) is 60.8 Å². The number of H-pyrrole nitrogens is 1. The van der Waals surface area contributed by atoms with E-state index < -0.39 is 47.9 Å². The molecule has 2 heterocycles. The van der Waals surface area contributed by atoms with Crippen molar-refractivity contribution in [2.24, 2.45) is 5.73 Å². The number of hydrogen-bond donors (Lipinski definition) is 8. The van der Waals surface area contributed by atoms with E-state index in [2.05, 4.69) is 20.9 Å². The summed E-state index contributed by atoms with van der Waals surface area (Å²) in [6, 6.07) is 12.9. The number of carbonyl (C=O) groups is 3. The third kappa shape index (κ3) is 8.66. The van der Waals surface area contributed by atoms with Gasteiger partial charge in [0.2, 0.25) is 23.5 Å². The van der Waals surface area contributed by atoms with Crippen LogP contribution in [0.1, 0.15) is 25.0 Å². The normalized spacial score (nSPS) is 17.6. The van der Waals surface area contributed by atoms with Crippen LogP contribution in [0, 0.1) is 0 Å². The molecule has 0 unspecified atom stereocenters. The summed E-state index contributed by atoms with van der Waals surface area (Å²) in [6.07, 6.45) is 1.77. The Morgan fingerprint density at radius 3 is 2.33 bits per heavy atom. The molecule has 0 bridgehead atoms. The summed E-state index contributed by atoms with van der Waals surface area (Å²) in [4.78, 5) is 45.0. The van der Waals surface area contributed by atoms with Gasteiger partial charge in [-0.2, -0.15) is 0 Å². The second-order valence-corrected chi connectivity index (χ2v) is 11.9. The Kier molecular flexibility index (Phi) is 11.3. The van der Waals surface area contributed by atoms with Gasteiger partial charge in [0.05, 0.1) is 37.9 Å². The third-order valence-electron chi connectivity index (χ3n) is 8.23. The summed E-state index contributed by atoms with van der Waals surface area (Å²) in [5.41, 5.74) is 6.44. The molecule has 4 rings (SSSR count). The maximum absolute atomic E-state index is 13.9. The van der Waals surface area contributed by atoms with Crippen molar-refractivity contribution in [2.75, 3.05) is 39.5 Å². The molecule has 0 spiro atoms. The molecule has 1 aliphatic heterocycles. The average molecular weight is 625 g/mol. The fourth-order valence-corrected chi connectivity index (χ4v) is 5.27. The molecule has 1 saturated heterocycles. The van der Waals surface area contributed by atoms with Crippen LogP contribution >= 0.6 is 0 Å². The van der Waals surface area contributed by atoms with Crippen molar-refractivity contribution in [1.82, 2.24) is 25.8 Å². The van der Waals surface area contributed by atoms with Crippen molar-refractivity contribution >= 4 is 28.6 Å². The zero-order valence-corrected chi connectivity index (χ0v) is 25.7. The molecule has 4 atom stereocenters. The van der Waals surface area contributed by atoms with Crippen LogP contribution in [0.4, 0.5) is 0 Å². The van der Waals surface area contributed by atoms with Crippen molar-refractivity contribution in [2.45, 2.75) is 56.1 Å². The van der Waals surface area contributed by atoms with Crippen LogP contribution in [0.25, 0.3) is 10.9 Å². The Bertz CT molecular complexity index is 1440. The highest BCUT2D eigenvalue weighted by Gasteiger charge is 2.49. The Balaban J connectivity index is 1.56. The summed E-state index contributed by atoms with van der Waals surface area (Å²) in [5, 5.41) is 41.2. The van der Waals surface area contributed by atoms with Gasteiger partial charge in [-0.05, 0) is 37.5 Å². The van der Waals surface area contributed by atoms with Gasteiger partial charge in [-0.3, -0.25) is 19.3 Å². The number of fused-ring (bicyclic) bond motifs is 1. The second kappa shape index (κ2) is 15.0. The summed E-state index contributed by atoms with van der Waals surface area (Å²) < 4.78 is 5.31. The van der Waals surface area contributed by atoms with Gasteiger partial charge in [0.15, 0.2) is 0 Å². The Hall–Kier alpha value is -3.85. The number of morpholine rings is 1. The van der Waals surface area contributed by atoms with E-state index in [1.807, 2.05) is 29.2 Å². The molecular formula is C32H44N6O7. The average Bonchev–Trinajstić information content (AvgIpc) is 3.43. The number of carbonyl (C=O) groups excluding carboxylic acids is 3. The molecule has 1 fully saturated rings. The molecule has 45 heavy (non-hydrogen) atoms. The van der Waals surface area contributed by atoms with Gasteiger partial charge < -0.3 is 46.7 Å². The smallest absolute Gasteiger partial charge is 0.243 e. The number of aromatic amines is 1. The molecule has 0 saturated carbocycles. The number of amides is 3. The predicted octanol–water partition coefficient (Wildman–Crippen LogP) is -0.850. The molecule has 1 aliphatic rings. The van der Waals surface area contributed by atoms with E-state index in [0.717, 1.165) is 16.5 Å². The first kappa shape index (κ1) is 34.0. The molecule has 9 N–H and O–H groups in total. The first-order valence-electron chi connectivity index (χ1n) is 15.0. The zero-order chi connectivity index (χ0) is 32.6. The second-order valence-electron chi connectivity index (χ2n) is 11.9. The van der Waals surface area contributed by atoms with Crippen LogP contribution < -0.4 is 21.7 Å². The summed E-state index contributed by atoms with van der Waals surface area (Å²) in [5.74, 6) is -4.38. The number of aromatic nitrogens is 1. The minimum absolute atomic E-state index is 0.0336. The zero-order valence-electron chi connectivity index (χ0n) is 25.7. The number of rotatable bonds is 14. The number of benzene rings is 2. The lowest BCUT2D eigenvalue weighted by atomic mass is 9.84. The van der Waals surface area contributed by atoms with Crippen molar-refractivity contribution in [3.8, 4) is 0 Å². The maximum atomic E-state index is 13.9. The number of nitrogens with two attached hydrogens (primary N) is 1. The van der Waals surface area contributed by atoms with Crippen molar-refractivity contribution in [1.29, 1.82) is 0 Å². The molecule has 244 valence electrons. The van der Waals surface area contributed by atoms with Crippen molar-refractivity contribution in [3.63, 3.8) is 0 Å². The lowest BCUT2D eigenvalue weighted by molar-refractivity contribution is -0.232. The van der Waals surface area contributed by atoms with E-state index in [9.17, 15) is 29.7 Å². The van der Waals surface area contributed by atoms with Gasteiger partial charge in [-0.15, -0.1) is 0 Å². The Morgan fingerprint density at radius 2 is 1.64 bits per heavy atom. The van der Waals surface area contributed by atoms with E-state index in [-0.39, 0.29) is 25.3 Å². The lowest BCUT2D eigenvalue weighted by Gasteiger charge is -2.42. The van der Waals surface area contributed by atoms with Crippen LogP contribution in [0.5, 0.6) is 0 Å². The Morgan fingerprint density at radius 1 is 0.978 bits per heavy atom. The molecule has 0 aliphatic carbocycles. The molecular weight excluding hydrogens is 580 g/mol. The minimum atomic E-state index is -2.75. The highest BCUT2D eigenvalue weighted by atomic mass is 16.5. The number of aliphatic hydroxyl groups excluding tert-OH is 1. The third-order valence-corrected chi connectivity index (χ3v) is 8.23. The van der Waals surface area contributed by atoms with Gasteiger partial charge in [0.1, 0.15) is 12.1 Å². The molecule has 3 amide bonds. The van der Waals surface area contributed by atoms with E-state index in [4.69, 9.17) is 10.5 Å². The van der Waals surface area contributed by atoms with Gasteiger partial charge in [0.25, 0.3) is 0 Å². The SMILES string of the molecule is C[C@@H](NC(=O)CN1CCOCC1)C(=O)N[C@@H](Cc1c[nH]c2ccccc12)C(=O)N[C@@H](Cc1ccccc1)C(O)(O)[C@@](C)(N)CO. The first-order valence-corrected chi connectivity index (χ1v) is 15.0. The lowest BCUT2D eigenvalue weighted by Crippen LogP contribution is -2.71. The first-order chi connectivity index (χ1) is 21.4. The molecule has 13 nitrogen and oxygen atoms in total.